The van der Waals surface area contributed by atoms with Gasteiger partial charge in [-0.3, -0.25) is 14.5 Å². The summed E-state index contributed by atoms with van der Waals surface area (Å²) in [7, 11) is 2.86. The molecule has 0 aliphatic carbocycles. The minimum Gasteiger partial charge on any atom is -0.493 e. The second-order valence-electron chi connectivity index (χ2n) is 6.99. The average Bonchev–Trinajstić information content (AvgIpc) is 3.29. The molecule has 162 valence electrons. The maximum absolute atomic E-state index is 13.0. The van der Waals surface area contributed by atoms with Crippen molar-refractivity contribution in [1.29, 1.82) is 0 Å². The van der Waals surface area contributed by atoms with Gasteiger partial charge >= 0.3 is 5.97 Å². The Morgan fingerprint density at radius 3 is 2.65 bits per heavy atom. The number of carbonyl (C=O) groups is 3. The molecule has 4 rings (SSSR count). The van der Waals surface area contributed by atoms with Crippen LogP contribution in [0.1, 0.15) is 35.0 Å². The number of halogens is 2. The van der Waals surface area contributed by atoms with E-state index in [9.17, 15) is 14.4 Å². The lowest BCUT2D eigenvalue weighted by molar-refractivity contribution is -0.144. The zero-order valence-electron chi connectivity index (χ0n) is 16.6. The fourth-order valence-corrected chi connectivity index (χ4v) is 4.19. The summed E-state index contributed by atoms with van der Waals surface area (Å²) in [4.78, 5) is 39.6. The molecule has 1 saturated heterocycles. The maximum Gasteiger partial charge on any atom is 0.344 e. The molecule has 8 nitrogen and oxygen atoms in total. The summed E-state index contributed by atoms with van der Waals surface area (Å²) < 4.78 is 16.1. The van der Waals surface area contributed by atoms with Gasteiger partial charge in [0, 0.05) is 17.0 Å². The number of nitrogens with one attached hydrogen (secondary N) is 1. The number of rotatable bonds is 5. The van der Waals surface area contributed by atoms with Gasteiger partial charge in [-0.1, -0.05) is 23.2 Å². The van der Waals surface area contributed by atoms with E-state index in [-0.39, 0.29) is 30.1 Å². The van der Waals surface area contributed by atoms with E-state index in [1.54, 1.807) is 24.3 Å². The zero-order valence-corrected chi connectivity index (χ0v) is 18.1. The lowest BCUT2D eigenvalue weighted by atomic mass is 10.1. The monoisotopic (exact) mass is 464 g/mol. The molecule has 0 spiro atoms. The van der Waals surface area contributed by atoms with Crippen LogP contribution in [0.25, 0.3) is 0 Å². The van der Waals surface area contributed by atoms with Crippen molar-refractivity contribution in [1.82, 2.24) is 4.90 Å². The first-order chi connectivity index (χ1) is 14.8. The molecule has 2 aromatic rings. The van der Waals surface area contributed by atoms with Crippen LogP contribution in [0.4, 0.5) is 5.69 Å². The molecule has 2 atom stereocenters. The van der Waals surface area contributed by atoms with Gasteiger partial charge in [-0.15, -0.1) is 0 Å². The molecule has 1 N–H and O–H groups in total. The highest BCUT2D eigenvalue weighted by atomic mass is 35.5. The number of amides is 2. The number of nitrogens with zero attached hydrogens (tertiary/aromatic N) is 1. The Morgan fingerprint density at radius 1 is 1.16 bits per heavy atom. The summed E-state index contributed by atoms with van der Waals surface area (Å²) in [6, 6.07) is 7.06. The van der Waals surface area contributed by atoms with E-state index in [1.807, 2.05) is 0 Å². The topological polar surface area (TPSA) is 94.2 Å². The summed E-state index contributed by atoms with van der Waals surface area (Å²) in [6.07, 6.45) is -0.653. The van der Waals surface area contributed by atoms with Crippen LogP contribution in [-0.2, 0) is 14.3 Å². The van der Waals surface area contributed by atoms with Gasteiger partial charge in [0.05, 0.1) is 24.9 Å². The van der Waals surface area contributed by atoms with Crippen LogP contribution in [0.5, 0.6) is 11.5 Å². The minimum absolute atomic E-state index is 0.137. The fraction of sp³-hybridized carbons (Fsp3) is 0.286. The van der Waals surface area contributed by atoms with Crippen LogP contribution in [0, 0.1) is 0 Å². The first-order valence-corrected chi connectivity index (χ1v) is 10.1. The molecule has 0 aromatic heterocycles. The van der Waals surface area contributed by atoms with Gasteiger partial charge in [0.1, 0.15) is 11.6 Å². The van der Waals surface area contributed by atoms with Gasteiger partial charge in [-0.05, 0) is 36.8 Å². The van der Waals surface area contributed by atoms with Gasteiger partial charge in [0.15, 0.2) is 11.5 Å². The third-order valence-corrected chi connectivity index (χ3v) is 5.83. The molecule has 0 unspecified atom stereocenters. The van der Waals surface area contributed by atoms with E-state index in [1.165, 1.54) is 25.2 Å². The number of hydrogen-bond acceptors (Lipinski definition) is 6. The van der Waals surface area contributed by atoms with Crippen LogP contribution in [0.2, 0.25) is 10.0 Å². The number of anilines is 1. The molecule has 0 bridgehead atoms. The van der Waals surface area contributed by atoms with Crippen molar-refractivity contribution in [2.24, 2.45) is 0 Å². The van der Waals surface area contributed by atoms with E-state index in [4.69, 9.17) is 37.4 Å². The largest absolute Gasteiger partial charge is 0.493 e. The third kappa shape index (κ3) is 3.66. The van der Waals surface area contributed by atoms with Gasteiger partial charge in [-0.2, -0.15) is 0 Å². The summed E-state index contributed by atoms with van der Waals surface area (Å²) in [5.74, 6) is -0.854. The second-order valence-corrected chi connectivity index (χ2v) is 7.84. The van der Waals surface area contributed by atoms with Crippen molar-refractivity contribution in [3.63, 3.8) is 0 Å². The van der Waals surface area contributed by atoms with Crippen LogP contribution < -0.4 is 14.8 Å². The van der Waals surface area contributed by atoms with Crippen molar-refractivity contribution in [2.45, 2.75) is 25.1 Å². The lowest BCUT2D eigenvalue weighted by Crippen LogP contribution is -2.43. The highest BCUT2D eigenvalue weighted by Gasteiger charge is 2.47. The standard InChI is InChI=1S/C21H18Cl2N2O6/c1-29-15-7-4-11-17(18(15)30-2)21(28)31-20(11)25-14(6-8-16(25)26)19(27)24-13-9-10(22)3-5-12(13)23/h3-5,7,9,14,20H,6,8H2,1-2H3,(H,24,27)/t14-,20-/m0/s1. The van der Waals surface area contributed by atoms with Gasteiger partial charge < -0.3 is 19.5 Å². The summed E-state index contributed by atoms with van der Waals surface area (Å²) in [5.41, 5.74) is 0.925. The van der Waals surface area contributed by atoms with Gasteiger partial charge in [0.2, 0.25) is 18.0 Å². The van der Waals surface area contributed by atoms with Gasteiger partial charge in [0.25, 0.3) is 0 Å². The first kappa shape index (κ1) is 21.3. The van der Waals surface area contributed by atoms with E-state index in [0.29, 0.717) is 27.0 Å². The highest BCUT2D eigenvalue weighted by Crippen LogP contribution is 2.45. The quantitative estimate of drug-likeness (QED) is 0.676. The number of cyclic esters (lactones) is 1. The Morgan fingerprint density at radius 2 is 1.94 bits per heavy atom. The predicted octanol–water partition coefficient (Wildman–Crippen LogP) is 3.81. The Hall–Kier alpha value is -2.97. The van der Waals surface area contributed by atoms with Crippen LogP contribution in [0.15, 0.2) is 30.3 Å². The van der Waals surface area contributed by atoms with E-state index in [0.717, 1.165) is 0 Å². The summed E-state index contributed by atoms with van der Waals surface area (Å²) in [5, 5.41) is 3.42. The van der Waals surface area contributed by atoms with Crippen molar-refractivity contribution in [3.8, 4) is 11.5 Å². The zero-order chi connectivity index (χ0) is 22.3. The molecule has 2 aliphatic rings. The minimum atomic E-state index is -1.05. The predicted molar refractivity (Wildman–Crippen MR) is 113 cm³/mol. The average molecular weight is 465 g/mol. The number of ether oxygens (including phenoxy) is 3. The lowest BCUT2D eigenvalue weighted by Gasteiger charge is -2.29. The van der Waals surface area contributed by atoms with Crippen molar-refractivity contribution in [2.75, 3.05) is 19.5 Å². The van der Waals surface area contributed by atoms with E-state index < -0.39 is 24.1 Å². The molecule has 10 heteroatoms. The summed E-state index contributed by atoms with van der Waals surface area (Å²) >= 11 is 12.1. The molecule has 2 aliphatic heterocycles. The van der Waals surface area contributed by atoms with Crippen molar-refractivity contribution >= 4 is 46.7 Å². The van der Waals surface area contributed by atoms with E-state index in [2.05, 4.69) is 5.32 Å². The molecule has 0 radical (unpaired) electrons. The number of likely N-dealkylation sites (tertiary alicyclic amines) is 1. The van der Waals surface area contributed by atoms with Crippen LogP contribution in [0.3, 0.4) is 0 Å². The first-order valence-electron chi connectivity index (χ1n) is 9.38. The normalized spacial score (nSPS) is 19.8. The second kappa shape index (κ2) is 8.28. The SMILES string of the molecule is COc1ccc2c(c1OC)C(=O)O[C@@H]2N1C(=O)CC[C@H]1C(=O)Nc1cc(Cl)ccc1Cl. The number of carbonyl (C=O) groups excluding carboxylic acids is 3. The number of esters is 1. The smallest absolute Gasteiger partial charge is 0.344 e. The van der Waals surface area contributed by atoms with Crippen LogP contribution >= 0.6 is 23.2 Å². The highest BCUT2D eigenvalue weighted by molar-refractivity contribution is 6.35. The molecule has 0 saturated carbocycles. The number of benzene rings is 2. The summed E-state index contributed by atoms with van der Waals surface area (Å²) in [6.45, 7) is 0. The molecule has 2 aromatic carbocycles. The molecule has 31 heavy (non-hydrogen) atoms. The number of hydrogen-bond donors (Lipinski definition) is 1. The third-order valence-electron chi connectivity index (χ3n) is 5.26. The maximum atomic E-state index is 13.0. The van der Waals surface area contributed by atoms with Crippen LogP contribution in [-0.4, -0.2) is 42.9 Å². The Kier molecular flexibility index (Phi) is 5.68. The number of methoxy groups -OCH3 is 2. The van der Waals surface area contributed by atoms with Crippen molar-refractivity contribution < 1.29 is 28.6 Å². The fourth-order valence-electron chi connectivity index (χ4n) is 3.85. The Bertz CT molecular complexity index is 1090. The Labute approximate surface area is 188 Å². The molecular weight excluding hydrogens is 447 g/mol. The Balaban J connectivity index is 1.66. The number of fused-ring (bicyclic) bond motifs is 1. The molecule has 2 amide bonds. The molecular formula is C21H18Cl2N2O6. The van der Waals surface area contributed by atoms with Gasteiger partial charge in [-0.25, -0.2) is 4.79 Å². The molecule has 1 fully saturated rings. The van der Waals surface area contributed by atoms with E-state index >= 15 is 0 Å². The van der Waals surface area contributed by atoms with Crippen molar-refractivity contribution in [3.05, 3.63) is 51.5 Å². The molecule has 2 heterocycles.